The van der Waals surface area contributed by atoms with Crippen LogP contribution in [0, 0.1) is 0 Å². The molecule has 0 spiro atoms. The third-order valence-electron chi connectivity index (χ3n) is 4.15. The summed E-state index contributed by atoms with van der Waals surface area (Å²) in [6.45, 7) is 3.40. The van der Waals surface area contributed by atoms with Crippen LogP contribution in [-0.4, -0.2) is 49.3 Å². The van der Waals surface area contributed by atoms with E-state index in [0.717, 1.165) is 0 Å². The molecule has 1 aliphatic rings. The number of hydrogen-bond donors (Lipinski definition) is 0. The fraction of sp³-hybridized carbons (Fsp3) is 0.800. The third-order valence-corrected chi connectivity index (χ3v) is 4.15. The van der Waals surface area contributed by atoms with Crippen LogP contribution in [-0.2, 0) is 38.1 Å². The average molecular weight is 400 g/mol. The molecule has 28 heavy (non-hydrogen) atoms. The van der Waals surface area contributed by atoms with Crippen LogP contribution in [0.1, 0.15) is 78.1 Å². The van der Waals surface area contributed by atoms with E-state index in [1.54, 1.807) is 13.8 Å². The van der Waals surface area contributed by atoms with Gasteiger partial charge in [-0.05, 0) is 39.5 Å². The second-order valence-electron chi connectivity index (χ2n) is 7.09. The van der Waals surface area contributed by atoms with Crippen molar-refractivity contribution in [1.29, 1.82) is 0 Å². The lowest BCUT2D eigenvalue weighted by molar-refractivity contribution is -0.158. The molecule has 0 aromatic carbocycles. The van der Waals surface area contributed by atoms with Crippen molar-refractivity contribution in [3.05, 3.63) is 0 Å². The number of rotatable bonds is 0. The van der Waals surface area contributed by atoms with Crippen LogP contribution < -0.4 is 0 Å². The lowest BCUT2D eigenvalue weighted by Gasteiger charge is -2.14. The van der Waals surface area contributed by atoms with Gasteiger partial charge in [-0.1, -0.05) is 12.8 Å². The fourth-order valence-corrected chi connectivity index (χ4v) is 2.63. The summed E-state index contributed by atoms with van der Waals surface area (Å²) in [4.78, 5) is 46.9. The molecule has 1 rings (SSSR count). The molecule has 1 fully saturated rings. The molecule has 0 aromatic heterocycles. The van der Waals surface area contributed by atoms with Crippen molar-refractivity contribution >= 4 is 23.9 Å². The van der Waals surface area contributed by atoms with Crippen molar-refractivity contribution in [2.75, 3.05) is 13.2 Å². The summed E-state index contributed by atoms with van der Waals surface area (Å²) in [7, 11) is 0. The summed E-state index contributed by atoms with van der Waals surface area (Å²) < 4.78 is 20.6. The van der Waals surface area contributed by atoms with E-state index in [0.29, 0.717) is 38.5 Å². The average Bonchev–Trinajstić information content (AvgIpc) is 2.63. The van der Waals surface area contributed by atoms with Crippen LogP contribution in [0.5, 0.6) is 0 Å². The molecule has 0 aliphatic carbocycles. The third kappa shape index (κ3) is 12.3. The topological polar surface area (TPSA) is 105 Å². The van der Waals surface area contributed by atoms with Crippen LogP contribution in [0.15, 0.2) is 0 Å². The lowest BCUT2D eigenvalue weighted by atomic mass is 10.1. The smallest absolute Gasteiger partial charge is 0.306 e. The molecule has 1 aliphatic heterocycles. The van der Waals surface area contributed by atoms with Crippen LogP contribution in [0.4, 0.5) is 0 Å². The maximum Gasteiger partial charge on any atom is 0.306 e. The van der Waals surface area contributed by atoms with Gasteiger partial charge in [-0.2, -0.15) is 0 Å². The zero-order valence-corrected chi connectivity index (χ0v) is 16.9. The first-order valence-corrected chi connectivity index (χ1v) is 10.1. The number of cyclic esters (lactones) is 4. The molecule has 160 valence electrons. The fourth-order valence-electron chi connectivity index (χ4n) is 2.63. The quantitative estimate of drug-likeness (QED) is 0.451. The predicted octanol–water partition coefficient (Wildman–Crippen LogP) is 2.85. The van der Waals surface area contributed by atoms with Gasteiger partial charge >= 0.3 is 23.9 Å². The number of carbonyl (C=O) groups excluding carboxylic acids is 4. The first-order valence-electron chi connectivity index (χ1n) is 10.1. The highest BCUT2D eigenvalue weighted by Crippen LogP contribution is 2.09. The second kappa shape index (κ2) is 14.0. The minimum atomic E-state index is -0.499. The Morgan fingerprint density at radius 1 is 0.536 bits per heavy atom. The number of esters is 4. The van der Waals surface area contributed by atoms with Gasteiger partial charge in [-0.15, -0.1) is 0 Å². The number of carbonyl (C=O) groups is 4. The molecule has 8 nitrogen and oxygen atoms in total. The zero-order valence-electron chi connectivity index (χ0n) is 16.9. The van der Waals surface area contributed by atoms with Crippen molar-refractivity contribution in [3.8, 4) is 0 Å². The first kappa shape index (κ1) is 23.9. The van der Waals surface area contributed by atoms with Crippen molar-refractivity contribution in [3.63, 3.8) is 0 Å². The molecule has 2 atom stereocenters. The Hall–Kier alpha value is -2.12. The summed E-state index contributed by atoms with van der Waals surface area (Å²) in [5.41, 5.74) is 0. The summed E-state index contributed by atoms with van der Waals surface area (Å²) in [5, 5.41) is 0. The standard InChI is InChI=1S/C20H32O8/c1-15-13-25-17(21)9-5-3-6-10-18(22)26-14-16(2)28-20(24)12-8-4-7-11-19(23)27-15/h15-16H,3-14H2,1-2H3/t15-,16-/m0/s1. The highest BCUT2D eigenvalue weighted by atomic mass is 16.6. The molecule has 0 radical (unpaired) electrons. The molecule has 0 bridgehead atoms. The van der Waals surface area contributed by atoms with Crippen molar-refractivity contribution < 1.29 is 38.1 Å². The Morgan fingerprint density at radius 3 is 1.21 bits per heavy atom. The highest BCUT2D eigenvalue weighted by molar-refractivity contribution is 5.71. The van der Waals surface area contributed by atoms with Gasteiger partial charge in [-0.3, -0.25) is 19.2 Å². The van der Waals surface area contributed by atoms with Gasteiger partial charge < -0.3 is 18.9 Å². The van der Waals surface area contributed by atoms with Gasteiger partial charge in [0.1, 0.15) is 25.4 Å². The minimum Gasteiger partial charge on any atom is -0.462 e. The summed E-state index contributed by atoms with van der Waals surface area (Å²) >= 11 is 0. The Kier molecular flexibility index (Phi) is 11.9. The van der Waals surface area contributed by atoms with E-state index >= 15 is 0 Å². The Bertz CT molecular complexity index is 472. The largest absolute Gasteiger partial charge is 0.462 e. The molecule has 8 heteroatoms. The molecular weight excluding hydrogens is 368 g/mol. The molecule has 0 amide bonds. The van der Waals surface area contributed by atoms with Gasteiger partial charge in [0.2, 0.25) is 0 Å². The van der Waals surface area contributed by atoms with E-state index in [2.05, 4.69) is 0 Å². The molecule has 0 N–H and O–H groups in total. The van der Waals surface area contributed by atoms with Gasteiger partial charge in [-0.25, -0.2) is 0 Å². The van der Waals surface area contributed by atoms with E-state index < -0.39 is 12.2 Å². The van der Waals surface area contributed by atoms with E-state index in [4.69, 9.17) is 18.9 Å². The maximum atomic E-state index is 11.8. The van der Waals surface area contributed by atoms with E-state index in [1.165, 1.54) is 0 Å². The van der Waals surface area contributed by atoms with Crippen molar-refractivity contribution in [2.24, 2.45) is 0 Å². The van der Waals surface area contributed by atoms with E-state index in [9.17, 15) is 19.2 Å². The summed E-state index contributed by atoms with van der Waals surface area (Å²) in [6, 6.07) is 0. The Morgan fingerprint density at radius 2 is 0.857 bits per heavy atom. The molecular formula is C20H32O8. The highest BCUT2D eigenvalue weighted by Gasteiger charge is 2.14. The maximum absolute atomic E-state index is 11.8. The van der Waals surface area contributed by atoms with Gasteiger partial charge in [0.15, 0.2) is 0 Å². The summed E-state index contributed by atoms with van der Waals surface area (Å²) in [5.74, 6) is -1.38. The van der Waals surface area contributed by atoms with Crippen LogP contribution in [0.3, 0.4) is 0 Å². The van der Waals surface area contributed by atoms with E-state index in [-0.39, 0.29) is 62.8 Å². The van der Waals surface area contributed by atoms with Crippen LogP contribution in [0.2, 0.25) is 0 Å². The minimum absolute atomic E-state index is 0.0287. The Balaban J connectivity index is 2.46. The van der Waals surface area contributed by atoms with Gasteiger partial charge in [0.25, 0.3) is 0 Å². The monoisotopic (exact) mass is 400 g/mol. The van der Waals surface area contributed by atoms with Crippen LogP contribution >= 0.6 is 0 Å². The first-order chi connectivity index (χ1) is 13.4. The predicted molar refractivity (Wildman–Crippen MR) is 99.2 cm³/mol. The lowest BCUT2D eigenvalue weighted by Crippen LogP contribution is -2.22. The molecule has 1 heterocycles. The molecule has 1 saturated heterocycles. The summed E-state index contributed by atoms with van der Waals surface area (Å²) in [6.07, 6.45) is 3.81. The van der Waals surface area contributed by atoms with Crippen LogP contribution in [0.25, 0.3) is 0 Å². The Labute approximate surface area is 166 Å². The molecule has 0 unspecified atom stereocenters. The zero-order chi connectivity index (χ0) is 20.8. The molecule has 0 saturated carbocycles. The van der Waals surface area contributed by atoms with Crippen molar-refractivity contribution in [2.45, 2.75) is 90.3 Å². The van der Waals surface area contributed by atoms with E-state index in [1.807, 2.05) is 0 Å². The number of hydrogen-bond acceptors (Lipinski definition) is 8. The van der Waals surface area contributed by atoms with Gasteiger partial charge in [0.05, 0.1) is 0 Å². The van der Waals surface area contributed by atoms with Crippen molar-refractivity contribution in [1.82, 2.24) is 0 Å². The normalized spacial score (nSPS) is 25.9. The molecule has 0 aromatic rings. The second-order valence-corrected chi connectivity index (χ2v) is 7.09. The SMILES string of the molecule is C[C@H]1COC(=O)CCCCCC(=O)OC[C@H](C)OC(=O)CCCCCC(=O)O1. The van der Waals surface area contributed by atoms with Gasteiger partial charge in [0, 0.05) is 25.7 Å². The number of ether oxygens (including phenoxy) is 4.